The van der Waals surface area contributed by atoms with E-state index in [9.17, 15) is 4.79 Å². The van der Waals surface area contributed by atoms with E-state index in [2.05, 4.69) is 0 Å². The third-order valence-corrected chi connectivity index (χ3v) is 4.34. The predicted octanol–water partition coefficient (Wildman–Crippen LogP) is 1.19. The van der Waals surface area contributed by atoms with Crippen LogP contribution in [0.15, 0.2) is 0 Å². The van der Waals surface area contributed by atoms with Crippen molar-refractivity contribution in [2.75, 3.05) is 20.3 Å². The molecule has 0 spiro atoms. The van der Waals surface area contributed by atoms with E-state index < -0.39 is 5.54 Å². The summed E-state index contributed by atoms with van der Waals surface area (Å²) in [5.41, 5.74) is 10.5. The summed E-state index contributed by atoms with van der Waals surface area (Å²) in [5, 5.41) is 0. The number of methoxy groups -OCH3 is 1. The summed E-state index contributed by atoms with van der Waals surface area (Å²) >= 11 is 0. The quantitative estimate of drug-likeness (QED) is 0.650. The molecule has 1 aliphatic rings. The molecule has 0 bridgehead atoms. The van der Waals surface area contributed by atoms with Gasteiger partial charge in [-0.3, -0.25) is 4.79 Å². The van der Waals surface area contributed by atoms with Crippen LogP contribution in [0.3, 0.4) is 0 Å². The Morgan fingerprint density at radius 1 is 1.42 bits per heavy atom. The number of carbonyl (C=O) groups excluding carboxylic acids is 1. The summed E-state index contributed by atoms with van der Waals surface area (Å²) in [6, 6.07) is 0. The number of hydrogen-bond donors (Lipinski definition) is 2. The van der Waals surface area contributed by atoms with Crippen LogP contribution in [0.1, 0.15) is 46.0 Å². The van der Waals surface area contributed by atoms with Gasteiger partial charge in [-0.05, 0) is 45.4 Å². The molecule has 1 saturated carbocycles. The first-order valence-corrected chi connectivity index (χ1v) is 7.03. The minimum atomic E-state index is -0.824. The van der Waals surface area contributed by atoms with Crippen molar-refractivity contribution in [1.82, 2.24) is 0 Å². The molecule has 112 valence electrons. The molecule has 0 radical (unpaired) electrons. The van der Waals surface area contributed by atoms with E-state index in [0.29, 0.717) is 19.6 Å². The highest BCUT2D eigenvalue weighted by atomic mass is 16.5. The molecule has 2 atom stereocenters. The fraction of sp³-hybridized carbons (Fsp3) is 0.929. The molecule has 1 amide bonds. The average Bonchev–Trinajstić information content (AvgIpc) is 2.72. The molecular formula is C14H28N2O3. The standard InChI is InChI=1S/C14H28N2O3/c1-13(2,18-3)8-10-19-9-6-11-5-4-7-14(11,16)12(15)17/h11H,4-10,16H2,1-3H3,(H2,15,17). The van der Waals surface area contributed by atoms with Crippen molar-refractivity contribution in [3.63, 3.8) is 0 Å². The van der Waals surface area contributed by atoms with E-state index in [1.54, 1.807) is 7.11 Å². The van der Waals surface area contributed by atoms with Gasteiger partial charge in [-0.15, -0.1) is 0 Å². The summed E-state index contributed by atoms with van der Waals surface area (Å²) in [6.07, 6.45) is 4.28. The van der Waals surface area contributed by atoms with Crippen molar-refractivity contribution in [2.24, 2.45) is 17.4 Å². The number of hydrogen-bond acceptors (Lipinski definition) is 4. The van der Waals surface area contributed by atoms with Gasteiger partial charge in [-0.1, -0.05) is 6.42 Å². The molecule has 0 aromatic heterocycles. The van der Waals surface area contributed by atoms with Crippen LogP contribution in [0.5, 0.6) is 0 Å². The first kappa shape index (κ1) is 16.4. The van der Waals surface area contributed by atoms with Gasteiger partial charge >= 0.3 is 0 Å². The van der Waals surface area contributed by atoms with Gasteiger partial charge in [-0.25, -0.2) is 0 Å². The zero-order valence-electron chi connectivity index (χ0n) is 12.4. The Kier molecular flexibility index (Phi) is 5.77. The summed E-state index contributed by atoms with van der Waals surface area (Å²) < 4.78 is 10.9. The fourth-order valence-corrected chi connectivity index (χ4v) is 2.58. The Balaban J connectivity index is 2.25. The van der Waals surface area contributed by atoms with Crippen molar-refractivity contribution in [1.29, 1.82) is 0 Å². The Bertz CT molecular complexity index is 307. The number of nitrogens with two attached hydrogens (primary N) is 2. The SMILES string of the molecule is COC(C)(C)CCOCCC1CCCC1(N)C(N)=O. The van der Waals surface area contributed by atoms with Crippen LogP contribution in [0.25, 0.3) is 0 Å². The largest absolute Gasteiger partial charge is 0.381 e. The van der Waals surface area contributed by atoms with Crippen molar-refractivity contribution in [2.45, 2.75) is 57.1 Å². The number of rotatable bonds is 8. The highest BCUT2D eigenvalue weighted by molar-refractivity contribution is 5.85. The molecule has 5 nitrogen and oxygen atoms in total. The first-order chi connectivity index (χ1) is 8.82. The highest BCUT2D eigenvalue weighted by Gasteiger charge is 2.43. The van der Waals surface area contributed by atoms with Gasteiger partial charge in [0, 0.05) is 20.3 Å². The molecule has 19 heavy (non-hydrogen) atoms. The van der Waals surface area contributed by atoms with E-state index in [1.807, 2.05) is 13.8 Å². The van der Waals surface area contributed by atoms with E-state index >= 15 is 0 Å². The minimum Gasteiger partial charge on any atom is -0.381 e. The maximum absolute atomic E-state index is 11.4. The monoisotopic (exact) mass is 272 g/mol. The second-order valence-electron chi connectivity index (χ2n) is 6.11. The summed E-state index contributed by atoms with van der Waals surface area (Å²) in [4.78, 5) is 11.4. The normalized spacial score (nSPS) is 27.7. The second-order valence-corrected chi connectivity index (χ2v) is 6.11. The zero-order valence-corrected chi connectivity index (χ0v) is 12.4. The van der Waals surface area contributed by atoms with Gasteiger partial charge in [0.2, 0.25) is 5.91 Å². The molecule has 5 heteroatoms. The van der Waals surface area contributed by atoms with Crippen LogP contribution in [0.4, 0.5) is 0 Å². The summed E-state index contributed by atoms with van der Waals surface area (Å²) in [6.45, 7) is 5.34. The highest BCUT2D eigenvalue weighted by Crippen LogP contribution is 2.35. The van der Waals surface area contributed by atoms with Crippen LogP contribution in [0.2, 0.25) is 0 Å². The molecule has 0 aliphatic heterocycles. The smallest absolute Gasteiger partial charge is 0.237 e. The molecule has 1 fully saturated rings. The van der Waals surface area contributed by atoms with Crippen LogP contribution in [-0.2, 0) is 14.3 Å². The van der Waals surface area contributed by atoms with Crippen molar-refractivity contribution in [3.8, 4) is 0 Å². The van der Waals surface area contributed by atoms with Crippen molar-refractivity contribution >= 4 is 5.91 Å². The molecule has 1 aliphatic carbocycles. The van der Waals surface area contributed by atoms with Crippen LogP contribution < -0.4 is 11.5 Å². The zero-order chi connectivity index (χ0) is 14.5. The van der Waals surface area contributed by atoms with Crippen LogP contribution in [-0.4, -0.2) is 37.4 Å². The van der Waals surface area contributed by atoms with Gasteiger partial charge in [-0.2, -0.15) is 0 Å². The fourth-order valence-electron chi connectivity index (χ4n) is 2.58. The summed E-state index contributed by atoms with van der Waals surface area (Å²) in [7, 11) is 1.70. The van der Waals surface area contributed by atoms with E-state index in [-0.39, 0.29) is 17.4 Å². The Labute approximate surface area is 116 Å². The lowest BCUT2D eigenvalue weighted by molar-refractivity contribution is -0.124. The van der Waals surface area contributed by atoms with Gasteiger partial charge < -0.3 is 20.9 Å². The van der Waals surface area contributed by atoms with E-state index in [1.165, 1.54) is 0 Å². The van der Waals surface area contributed by atoms with E-state index in [0.717, 1.165) is 25.7 Å². The number of primary amides is 1. The Morgan fingerprint density at radius 3 is 2.68 bits per heavy atom. The topological polar surface area (TPSA) is 87.6 Å². The third-order valence-electron chi connectivity index (χ3n) is 4.34. The maximum atomic E-state index is 11.4. The van der Waals surface area contributed by atoms with Crippen molar-refractivity contribution < 1.29 is 14.3 Å². The molecule has 2 unspecified atom stereocenters. The Hall–Kier alpha value is -0.650. The molecule has 0 aromatic rings. The molecule has 4 N–H and O–H groups in total. The average molecular weight is 272 g/mol. The summed E-state index contributed by atoms with van der Waals surface area (Å²) in [5.74, 6) is -0.226. The first-order valence-electron chi connectivity index (χ1n) is 7.03. The van der Waals surface area contributed by atoms with Crippen molar-refractivity contribution in [3.05, 3.63) is 0 Å². The maximum Gasteiger partial charge on any atom is 0.237 e. The number of amides is 1. The van der Waals surface area contributed by atoms with Crippen LogP contribution >= 0.6 is 0 Å². The Morgan fingerprint density at radius 2 is 2.11 bits per heavy atom. The van der Waals surface area contributed by atoms with Gasteiger partial charge in [0.05, 0.1) is 11.1 Å². The third kappa shape index (κ3) is 4.44. The molecule has 0 heterocycles. The van der Waals surface area contributed by atoms with Crippen LogP contribution in [0, 0.1) is 5.92 Å². The molecule has 1 rings (SSSR count). The lowest BCUT2D eigenvalue weighted by Gasteiger charge is -2.28. The van der Waals surface area contributed by atoms with Gasteiger partial charge in [0.25, 0.3) is 0 Å². The molecule has 0 saturated heterocycles. The van der Waals surface area contributed by atoms with Gasteiger partial charge in [0.1, 0.15) is 0 Å². The second kappa shape index (κ2) is 6.68. The van der Waals surface area contributed by atoms with Gasteiger partial charge in [0.15, 0.2) is 0 Å². The molecular weight excluding hydrogens is 244 g/mol. The van der Waals surface area contributed by atoms with E-state index in [4.69, 9.17) is 20.9 Å². The minimum absolute atomic E-state index is 0.153. The molecule has 0 aromatic carbocycles. The number of carbonyl (C=O) groups is 1. The lowest BCUT2D eigenvalue weighted by atomic mass is 9.85. The lowest BCUT2D eigenvalue weighted by Crippen LogP contribution is -2.54. The predicted molar refractivity (Wildman–Crippen MR) is 74.6 cm³/mol. The number of ether oxygens (including phenoxy) is 2.